The summed E-state index contributed by atoms with van der Waals surface area (Å²) >= 11 is 1.27. The highest BCUT2D eigenvalue weighted by Gasteiger charge is 2.16. The minimum atomic E-state index is -0.848. The van der Waals surface area contributed by atoms with Crippen molar-refractivity contribution in [2.24, 2.45) is 0 Å². The molecule has 5 nitrogen and oxygen atoms in total. The zero-order valence-corrected chi connectivity index (χ0v) is 11.3. The van der Waals surface area contributed by atoms with Crippen LogP contribution in [0.15, 0.2) is 16.7 Å². The van der Waals surface area contributed by atoms with Gasteiger partial charge in [-0.05, 0) is 12.0 Å². The first-order valence-corrected chi connectivity index (χ1v) is 6.83. The van der Waals surface area contributed by atoms with Gasteiger partial charge in [0, 0.05) is 17.9 Å². The van der Waals surface area contributed by atoms with Crippen LogP contribution in [0.2, 0.25) is 0 Å². The first-order valence-electron chi connectivity index (χ1n) is 5.67. The fourth-order valence-electron chi connectivity index (χ4n) is 1.43. The number of carboxylic acid groups (broad SMARTS) is 1. The van der Waals surface area contributed by atoms with Crippen LogP contribution in [0.3, 0.4) is 0 Å². The molecule has 100 valence electrons. The van der Waals surface area contributed by atoms with Gasteiger partial charge >= 0.3 is 5.97 Å². The van der Waals surface area contributed by atoms with Gasteiger partial charge in [0.1, 0.15) is 0 Å². The molecular formula is C12H17NO4S. The average Bonchev–Trinajstić information content (AvgIpc) is 2.76. The number of nitrogens with one attached hydrogen (secondary N) is 1. The van der Waals surface area contributed by atoms with E-state index in [0.29, 0.717) is 18.1 Å². The Morgan fingerprint density at radius 2 is 2.22 bits per heavy atom. The molecule has 0 radical (unpaired) electrons. The van der Waals surface area contributed by atoms with Crippen LogP contribution in [0.25, 0.3) is 0 Å². The maximum absolute atomic E-state index is 11.8. The lowest BCUT2D eigenvalue weighted by Gasteiger charge is -2.06. The second-order valence-corrected chi connectivity index (χ2v) is 5.17. The number of rotatable bonds is 7. The Hall–Kier alpha value is -1.43. The predicted octanol–water partition coefficient (Wildman–Crippen LogP) is 1.95. The third-order valence-corrected chi connectivity index (χ3v) is 3.23. The SMILES string of the molecule is CC(C)c1ccoc1C(=O)NCCSCC(=O)O. The van der Waals surface area contributed by atoms with E-state index in [-0.39, 0.29) is 17.6 Å². The molecule has 0 aliphatic heterocycles. The molecule has 18 heavy (non-hydrogen) atoms. The standard InChI is InChI=1S/C12H17NO4S/c1-8(2)9-3-5-17-11(9)12(16)13-4-6-18-7-10(14)15/h3,5,8H,4,6-7H2,1-2H3,(H,13,16)(H,14,15). The van der Waals surface area contributed by atoms with Crippen molar-refractivity contribution in [1.29, 1.82) is 0 Å². The molecular weight excluding hydrogens is 254 g/mol. The normalized spacial score (nSPS) is 10.6. The quantitative estimate of drug-likeness (QED) is 0.741. The fraction of sp³-hybridized carbons (Fsp3) is 0.500. The number of thioether (sulfide) groups is 1. The number of carbonyl (C=O) groups excluding carboxylic acids is 1. The van der Waals surface area contributed by atoms with Crippen LogP contribution in [-0.2, 0) is 4.79 Å². The molecule has 0 bridgehead atoms. The van der Waals surface area contributed by atoms with Crippen LogP contribution < -0.4 is 5.32 Å². The van der Waals surface area contributed by atoms with E-state index in [0.717, 1.165) is 5.56 Å². The lowest BCUT2D eigenvalue weighted by molar-refractivity contribution is -0.133. The highest BCUT2D eigenvalue weighted by Crippen LogP contribution is 2.20. The topological polar surface area (TPSA) is 79.5 Å². The minimum absolute atomic E-state index is 0.0495. The molecule has 0 aromatic carbocycles. The van der Waals surface area contributed by atoms with Gasteiger partial charge in [-0.15, -0.1) is 11.8 Å². The fourth-order valence-corrected chi connectivity index (χ4v) is 2.00. The van der Waals surface area contributed by atoms with Gasteiger partial charge in [-0.1, -0.05) is 13.8 Å². The summed E-state index contributed by atoms with van der Waals surface area (Å²) in [4.78, 5) is 22.1. The number of hydrogen-bond acceptors (Lipinski definition) is 4. The summed E-state index contributed by atoms with van der Waals surface area (Å²) in [5.41, 5.74) is 0.880. The van der Waals surface area contributed by atoms with Crippen LogP contribution in [0.5, 0.6) is 0 Å². The summed E-state index contributed by atoms with van der Waals surface area (Å²) < 4.78 is 5.17. The molecule has 0 atom stereocenters. The van der Waals surface area contributed by atoms with E-state index in [1.807, 2.05) is 13.8 Å². The summed E-state index contributed by atoms with van der Waals surface area (Å²) in [5.74, 6) is 0.0853. The molecule has 2 N–H and O–H groups in total. The number of hydrogen-bond donors (Lipinski definition) is 2. The average molecular weight is 271 g/mol. The van der Waals surface area contributed by atoms with Crippen molar-refractivity contribution in [3.63, 3.8) is 0 Å². The van der Waals surface area contributed by atoms with E-state index in [1.165, 1.54) is 18.0 Å². The van der Waals surface area contributed by atoms with Crippen LogP contribution in [0.4, 0.5) is 0 Å². The maximum atomic E-state index is 11.8. The molecule has 0 saturated carbocycles. The highest BCUT2D eigenvalue weighted by atomic mass is 32.2. The van der Waals surface area contributed by atoms with Gasteiger partial charge in [-0.2, -0.15) is 0 Å². The summed E-state index contributed by atoms with van der Waals surface area (Å²) in [6.45, 7) is 4.41. The van der Waals surface area contributed by atoms with E-state index in [1.54, 1.807) is 6.07 Å². The van der Waals surface area contributed by atoms with E-state index in [4.69, 9.17) is 9.52 Å². The van der Waals surface area contributed by atoms with Crippen molar-refractivity contribution < 1.29 is 19.1 Å². The molecule has 1 amide bonds. The van der Waals surface area contributed by atoms with Gasteiger partial charge in [-0.3, -0.25) is 9.59 Å². The molecule has 1 heterocycles. The molecule has 0 unspecified atom stereocenters. The molecule has 0 aliphatic carbocycles. The Kier molecular flexibility index (Phi) is 5.77. The summed E-state index contributed by atoms with van der Waals surface area (Å²) in [6.07, 6.45) is 1.50. The second-order valence-electron chi connectivity index (χ2n) is 4.06. The van der Waals surface area contributed by atoms with E-state index in [9.17, 15) is 9.59 Å². The zero-order valence-electron chi connectivity index (χ0n) is 10.4. The number of amides is 1. The molecule has 0 saturated heterocycles. The van der Waals surface area contributed by atoms with Gasteiger partial charge in [-0.25, -0.2) is 0 Å². The molecule has 0 aliphatic rings. The Labute approximate surface area is 110 Å². The predicted molar refractivity (Wildman–Crippen MR) is 70.1 cm³/mol. The lowest BCUT2D eigenvalue weighted by Crippen LogP contribution is -2.26. The van der Waals surface area contributed by atoms with Crippen molar-refractivity contribution >= 4 is 23.6 Å². The van der Waals surface area contributed by atoms with Crippen LogP contribution in [-0.4, -0.2) is 35.0 Å². The Balaban J connectivity index is 2.36. The Morgan fingerprint density at radius 3 is 2.83 bits per heavy atom. The number of carboxylic acids is 1. The molecule has 0 fully saturated rings. The molecule has 1 rings (SSSR count). The van der Waals surface area contributed by atoms with E-state index in [2.05, 4.69) is 5.32 Å². The van der Waals surface area contributed by atoms with Crippen LogP contribution in [0, 0.1) is 0 Å². The van der Waals surface area contributed by atoms with Crippen LogP contribution >= 0.6 is 11.8 Å². The van der Waals surface area contributed by atoms with E-state index < -0.39 is 5.97 Å². The summed E-state index contributed by atoms with van der Waals surface area (Å²) in [5, 5.41) is 11.2. The van der Waals surface area contributed by atoms with Crippen molar-refractivity contribution in [3.8, 4) is 0 Å². The zero-order chi connectivity index (χ0) is 13.5. The molecule has 6 heteroatoms. The third kappa shape index (κ3) is 4.44. The van der Waals surface area contributed by atoms with Gasteiger partial charge < -0.3 is 14.8 Å². The number of carbonyl (C=O) groups is 2. The third-order valence-electron chi connectivity index (χ3n) is 2.28. The molecule has 1 aromatic rings. The Morgan fingerprint density at radius 1 is 1.50 bits per heavy atom. The van der Waals surface area contributed by atoms with Crippen molar-refractivity contribution in [1.82, 2.24) is 5.32 Å². The lowest BCUT2D eigenvalue weighted by atomic mass is 10.0. The van der Waals surface area contributed by atoms with Crippen molar-refractivity contribution in [3.05, 3.63) is 23.7 Å². The smallest absolute Gasteiger partial charge is 0.313 e. The van der Waals surface area contributed by atoms with Gasteiger partial charge in [0.05, 0.1) is 12.0 Å². The maximum Gasteiger partial charge on any atom is 0.313 e. The Bertz CT molecular complexity index is 414. The number of aliphatic carboxylic acids is 1. The van der Waals surface area contributed by atoms with Gasteiger partial charge in [0.2, 0.25) is 0 Å². The second kappa shape index (κ2) is 7.10. The van der Waals surface area contributed by atoms with Crippen molar-refractivity contribution in [2.45, 2.75) is 19.8 Å². The van der Waals surface area contributed by atoms with Gasteiger partial charge in [0.25, 0.3) is 5.91 Å². The monoisotopic (exact) mass is 271 g/mol. The largest absolute Gasteiger partial charge is 0.481 e. The summed E-state index contributed by atoms with van der Waals surface area (Å²) in [7, 11) is 0. The number of furan rings is 1. The highest BCUT2D eigenvalue weighted by molar-refractivity contribution is 7.99. The molecule has 0 spiro atoms. The molecule has 1 aromatic heterocycles. The van der Waals surface area contributed by atoms with Crippen LogP contribution in [0.1, 0.15) is 35.9 Å². The van der Waals surface area contributed by atoms with Gasteiger partial charge in [0.15, 0.2) is 5.76 Å². The van der Waals surface area contributed by atoms with E-state index >= 15 is 0 Å². The first kappa shape index (κ1) is 14.6. The van der Waals surface area contributed by atoms with Crippen molar-refractivity contribution in [2.75, 3.05) is 18.1 Å². The minimum Gasteiger partial charge on any atom is -0.481 e. The first-order chi connectivity index (χ1) is 8.52. The summed E-state index contributed by atoms with van der Waals surface area (Å²) in [6, 6.07) is 1.79.